The van der Waals surface area contributed by atoms with E-state index in [1.165, 1.54) is 57.8 Å². The van der Waals surface area contributed by atoms with Crippen LogP contribution in [0.5, 0.6) is 0 Å². The van der Waals surface area contributed by atoms with Gasteiger partial charge in [0.2, 0.25) is 0 Å². The highest BCUT2D eigenvalue weighted by Crippen LogP contribution is 2.44. The number of nitrogens with one attached hydrogen (secondary N) is 1. The zero-order valence-electron chi connectivity index (χ0n) is 15.3. The Morgan fingerprint density at radius 2 is 1.57 bits per heavy atom. The van der Waals surface area contributed by atoms with Gasteiger partial charge in [-0.05, 0) is 68.2 Å². The Kier molecular flexibility index (Phi) is 6.17. The molecule has 2 saturated carbocycles. The summed E-state index contributed by atoms with van der Waals surface area (Å²) >= 11 is 0. The van der Waals surface area contributed by atoms with Gasteiger partial charge >= 0.3 is 0 Å². The van der Waals surface area contributed by atoms with Crippen LogP contribution in [0.25, 0.3) is 0 Å². The lowest BCUT2D eigenvalue weighted by Crippen LogP contribution is -2.46. The van der Waals surface area contributed by atoms with Crippen LogP contribution in [-0.2, 0) is 0 Å². The molecule has 124 valence electrons. The highest BCUT2D eigenvalue weighted by Gasteiger charge is 2.38. The third kappa shape index (κ3) is 4.24. The van der Waals surface area contributed by atoms with Crippen molar-refractivity contribution in [2.45, 2.75) is 91.5 Å². The van der Waals surface area contributed by atoms with Gasteiger partial charge in [-0.3, -0.25) is 0 Å². The van der Waals surface area contributed by atoms with Crippen LogP contribution in [0, 0.1) is 29.1 Å². The van der Waals surface area contributed by atoms with Crippen molar-refractivity contribution in [1.82, 2.24) is 5.32 Å². The van der Waals surface area contributed by atoms with Gasteiger partial charge in [-0.15, -0.1) is 0 Å². The third-order valence-corrected chi connectivity index (χ3v) is 6.79. The standard InChI is InChI=1S/C20H39N/c1-6-15-9-7-8-10-18(15)19(21-5)16-11-13-17(14-12-16)20(2,3)4/h15-19,21H,6-14H2,1-5H3. The van der Waals surface area contributed by atoms with Crippen LogP contribution >= 0.6 is 0 Å². The predicted molar refractivity (Wildman–Crippen MR) is 93.5 cm³/mol. The van der Waals surface area contributed by atoms with E-state index in [1.807, 2.05) is 0 Å². The van der Waals surface area contributed by atoms with Gasteiger partial charge < -0.3 is 5.32 Å². The van der Waals surface area contributed by atoms with Crippen LogP contribution in [0.15, 0.2) is 0 Å². The smallest absolute Gasteiger partial charge is 0.0123 e. The number of hydrogen-bond acceptors (Lipinski definition) is 1. The second-order valence-electron chi connectivity index (χ2n) is 8.91. The average molecular weight is 294 g/mol. The van der Waals surface area contributed by atoms with E-state index in [-0.39, 0.29) is 0 Å². The van der Waals surface area contributed by atoms with E-state index in [0.29, 0.717) is 5.41 Å². The van der Waals surface area contributed by atoms with Crippen LogP contribution in [0.2, 0.25) is 0 Å². The van der Waals surface area contributed by atoms with E-state index < -0.39 is 0 Å². The molecule has 3 atom stereocenters. The van der Waals surface area contributed by atoms with Crippen molar-refractivity contribution in [3.05, 3.63) is 0 Å². The SMILES string of the molecule is CCC1CCCCC1C(NC)C1CCC(C(C)(C)C)CC1. The molecule has 0 aromatic rings. The molecular weight excluding hydrogens is 254 g/mol. The normalized spacial score (nSPS) is 36.4. The molecule has 0 radical (unpaired) electrons. The van der Waals surface area contributed by atoms with Gasteiger partial charge in [-0.2, -0.15) is 0 Å². The summed E-state index contributed by atoms with van der Waals surface area (Å²) in [5.74, 6) is 3.81. The minimum atomic E-state index is 0.511. The van der Waals surface area contributed by atoms with Crippen molar-refractivity contribution in [2.24, 2.45) is 29.1 Å². The van der Waals surface area contributed by atoms with Crippen molar-refractivity contribution in [1.29, 1.82) is 0 Å². The first kappa shape index (κ1) is 17.3. The van der Waals surface area contributed by atoms with Crippen LogP contribution in [0.3, 0.4) is 0 Å². The third-order valence-electron chi connectivity index (χ3n) is 6.79. The molecule has 2 fully saturated rings. The van der Waals surface area contributed by atoms with Crippen LogP contribution in [0.4, 0.5) is 0 Å². The Hall–Kier alpha value is -0.0400. The maximum atomic E-state index is 3.76. The molecule has 0 heterocycles. The molecular formula is C20H39N. The van der Waals surface area contributed by atoms with E-state index >= 15 is 0 Å². The first-order valence-corrected chi connectivity index (χ1v) is 9.64. The van der Waals surface area contributed by atoms with Gasteiger partial charge in [0.25, 0.3) is 0 Å². The molecule has 2 aliphatic carbocycles. The molecule has 0 aromatic heterocycles. The lowest BCUT2D eigenvalue weighted by Gasteiger charge is -2.44. The average Bonchev–Trinajstić information content (AvgIpc) is 2.48. The summed E-state index contributed by atoms with van der Waals surface area (Å²) < 4.78 is 0. The first-order chi connectivity index (χ1) is 9.97. The summed E-state index contributed by atoms with van der Waals surface area (Å²) in [6.07, 6.45) is 13.1. The molecule has 1 nitrogen and oxygen atoms in total. The summed E-state index contributed by atoms with van der Waals surface area (Å²) in [5, 5.41) is 3.76. The monoisotopic (exact) mass is 293 g/mol. The maximum Gasteiger partial charge on any atom is 0.0123 e. The van der Waals surface area contributed by atoms with Crippen LogP contribution in [-0.4, -0.2) is 13.1 Å². The Labute approximate surface area is 133 Å². The molecule has 0 aromatic carbocycles. The van der Waals surface area contributed by atoms with Gasteiger partial charge in [0.05, 0.1) is 0 Å². The van der Waals surface area contributed by atoms with Gasteiger partial charge in [-0.1, -0.05) is 53.4 Å². The molecule has 2 aliphatic rings. The highest BCUT2D eigenvalue weighted by atomic mass is 14.9. The molecule has 1 heteroatoms. The molecule has 0 aliphatic heterocycles. The Balaban J connectivity index is 1.96. The second kappa shape index (κ2) is 7.49. The van der Waals surface area contributed by atoms with Crippen molar-refractivity contribution in [2.75, 3.05) is 7.05 Å². The molecule has 0 bridgehead atoms. The summed E-state index contributed by atoms with van der Waals surface area (Å²) in [5.41, 5.74) is 0.511. The van der Waals surface area contributed by atoms with Crippen LogP contribution < -0.4 is 5.32 Å². The molecule has 1 N–H and O–H groups in total. The van der Waals surface area contributed by atoms with Crippen molar-refractivity contribution < 1.29 is 0 Å². The quantitative estimate of drug-likeness (QED) is 0.707. The molecule has 2 rings (SSSR count). The maximum absolute atomic E-state index is 3.76. The van der Waals surface area contributed by atoms with Crippen molar-refractivity contribution in [3.63, 3.8) is 0 Å². The molecule has 3 unspecified atom stereocenters. The Bertz CT molecular complexity index is 295. The summed E-state index contributed by atoms with van der Waals surface area (Å²) in [6, 6.07) is 0.788. The fourth-order valence-electron chi connectivity index (χ4n) is 5.36. The van der Waals surface area contributed by atoms with E-state index in [1.54, 1.807) is 0 Å². The van der Waals surface area contributed by atoms with Gasteiger partial charge in [-0.25, -0.2) is 0 Å². The van der Waals surface area contributed by atoms with E-state index in [0.717, 1.165) is 29.7 Å². The van der Waals surface area contributed by atoms with Gasteiger partial charge in [0.1, 0.15) is 0 Å². The van der Waals surface area contributed by atoms with Crippen molar-refractivity contribution >= 4 is 0 Å². The summed E-state index contributed by atoms with van der Waals surface area (Å²) in [7, 11) is 2.22. The van der Waals surface area contributed by atoms with Crippen molar-refractivity contribution in [3.8, 4) is 0 Å². The molecule has 21 heavy (non-hydrogen) atoms. The fourth-order valence-corrected chi connectivity index (χ4v) is 5.36. The lowest BCUT2D eigenvalue weighted by atomic mass is 9.64. The largest absolute Gasteiger partial charge is 0.316 e. The minimum Gasteiger partial charge on any atom is -0.316 e. The molecule has 0 spiro atoms. The fraction of sp³-hybridized carbons (Fsp3) is 1.00. The topological polar surface area (TPSA) is 12.0 Å². The van der Waals surface area contributed by atoms with E-state index in [9.17, 15) is 0 Å². The summed E-state index contributed by atoms with van der Waals surface area (Å²) in [6.45, 7) is 9.71. The Morgan fingerprint density at radius 1 is 0.952 bits per heavy atom. The summed E-state index contributed by atoms with van der Waals surface area (Å²) in [4.78, 5) is 0. The first-order valence-electron chi connectivity index (χ1n) is 9.64. The predicted octanol–water partition coefficient (Wildman–Crippen LogP) is 5.64. The van der Waals surface area contributed by atoms with Crippen LogP contribution in [0.1, 0.15) is 85.5 Å². The zero-order valence-corrected chi connectivity index (χ0v) is 15.3. The molecule has 0 saturated heterocycles. The highest BCUT2D eigenvalue weighted by molar-refractivity contribution is 4.91. The number of hydrogen-bond donors (Lipinski definition) is 1. The number of rotatable bonds is 4. The minimum absolute atomic E-state index is 0.511. The van der Waals surface area contributed by atoms with E-state index in [2.05, 4.69) is 40.1 Å². The van der Waals surface area contributed by atoms with Gasteiger partial charge in [0, 0.05) is 6.04 Å². The zero-order chi connectivity index (χ0) is 15.5. The van der Waals surface area contributed by atoms with E-state index in [4.69, 9.17) is 0 Å². The second-order valence-corrected chi connectivity index (χ2v) is 8.91. The molecule has 0 amide bonds. The Morgan fingerprint density at radius 3 is 2.10 bits per heavy atom. The van der Waals surface area contributed by atoms with Gasteiger partial charge in [0.15, 0.2) is 0 Å². The lowest BCUT2D eigenvalue weighted by molar-refractivity contribution is 0.0871.